The fraction of sp³-hybridized carbons (Fsp3) is 0.458. The van der Waals surface area contributed by atoms with E-state index in [0.717, 1.165) is 30.3 Å². The molecule has 2 aromatic rings. The van der Waals surface area contributed by atoms with Crippen molar-refractivity contribution in [1.29, 1.82) is 0 Å². The number of hydrogen-bond donors (Lipinski definition) is 1. The van der Waals surface area contributed by atoms with Crippen molar-refractivity contribution >= 4 is 11.6 Å². The van der Waals surface area contributed by atoms with Gasteiger partial charge in [-0.25, -0.2) is 0 Å². The van der Waals surface area contributed by atoms with Crippen LogP contribution < -0.4 is 15.0 Å². The Morgan fingerprint density at radius 1 is 1.00 bits per heavy atom. The average molecular weight is 381 g/mol. The molecule has 0 aromatic heterocycles. The molecule has 0 aliphatic carbocycles. The third kappa shape index (κ3) is 5.28. The van der Waals surface area contributed by atoms with Gasteiger partial charge in [0.25, 0.3) is 5.91 Å². The number of nitrogens with zero attached hydrogens (tertiary/aromatic N) is 1. The molecular formula is C24H32N2O2. The van der Waals surface area contributed by atoms with Crippen molar-refractivity contribution in [2.45, 2.75) is 52.7 Å². The Kier molecular flexibility index (Phi) is 6.61. The van der Waals surface area contributed by atoms with Crippen LogP contribution >= 0.6 is 0 Å². The minimum Gasteiger partial charge on any atom is -0.491 e. The second kappa shape index (κ2) is 9.13. The van der Waals surface area contributed by atoms with Gasteiger partial charge in [0.05, 0.1) is 12.1 Å². The van der Waals surface area contributed by atoms with Crippen LogP contribution in [0.2, 0.25) is 0 Å². The van der Waals surface area contributed by atoms with Crippen molar-refractivity contribution in [3.63, 3.8) is 0 Å². The molecule has 2 aromatic carbocycles. The number of anilines is 1. The first-order valence-electron chi connectivity index (χ1n) is 10.3. The maximum Gasteiger partial charge on any atom is 0.251 e. The van der Waals surface area contributed by atoms with E-state index < -0.39 is 0 Å². The van der Waals surface area contributed by atoms with Crippen molar-refractivity contribution in [3.8, 4) is 5.75 Å². The van der Waals surface area contributed by atoms with Gasteiger partial charge in [0.1, 0.15) is 5.75 Å². The van der Waals surface area contributed by atoms with Crippen molar-refractivity contribution in [2.75, 3.05) is 18.0 Å². The number of benzene rings is 2. The van der Waals surface area contributed by atoms with Crippen LogP contribution in [0.1, 0.15) is 62.5 Å². The van der Waals surface area contributed by atoms with Gasteiger partial charge in [-0.15, -0.1) is 0 Å². The van der Waals surface area contributed by atoms with Gasteiger partial charge < -0.3 is 15.0 Å². The average Bonchev–Trinajstić information content (AvgIpc) is 2.69. The molecule has 0 saturated carbocycles. The van der Waals surface area contributed by atoms with Crippen LogP contribution in [0, 0.1) is 5.92 Å². The van der Waals surface area contributed by atoms with Gasteiger partial charge in [0.15, 0.2) is 0 Å². The second-order valence-electron chi connectivity index (χ2n) is 8.15. The maximum absolute atomic E-state index is 12.5. The van der Waals surface area contributed by atoms with E-state index in [1.165, 1.54) is 18.5 Å². The Labute approximate surface area is 168 Å². The minimum absolute atomic E-state index is 0.0467. The Hall–Kier alpha value is -2.49. The van der Waals surface area contributed by atoms with Crippen molar-refractivity contribution in [2.24, 2.45) is 5.92 Å². The van der Waals surface area contributed by atoms with Crippen molar-refractivity contribution < 1.29 is 9.53 Å². The zero-order chi connectivity index (χ0) is 20.1. The lowest BCUT2D eigenvalue weighted by Crippen LogP contribution is -2.32. The van der Waals surface area contributed by atoms with Crippen LogP contribution in [-0.2, 0) is 0 Å². The van der Waals surface area contributed by atoms with E-state index >= 15 is 0 Å². The highest BCUT2D eigenvalue weighted by molar-refractivity contribution is 5.94. The second-order valence-corrected chi connectivity index (χ2v) is 8.15. The van der Waals surface area contributed by atoms with E-state index in [0.29, 0.717) is 5.56 Å². The number of piperidine rings is 1. The first-order valence-corrected chi connectivity index (χ1v) is 10.3. The Bertz CT molecular complexity index is 760. The summed E-state index contributed by atoms with van der Waals surface area (Å²) in [6, 6.07) is 15.8. The Morgan fingerprint density at radius 3 is 2.18 bits per heavy atom. The van der Waals surface area contributed by atoms with Crippen LogP contribution in [0.25, 0.3) is 0 Å². The summed E-state index contributed by atoms with van der Waals surface area (Å²) < 4.78 is 5.63. The molecule has 4 heteroatoms. The summed E-state index contributed by atoms with van der Waals surface area (Å²) in [4.78, 5) is 15.0. The summed E-state index contributed by atoms with van der Waals surface area (Å²) in [5, 5.41) is 3.08. The molecule has 3 rings (SSSR count). The molecule has 28 heavy (non-hydrogen) atoms. The molecule has 0 bridgehead atoms. The standard InChI is InChI=1S/C24H32N2O2/c1-17(2)28-23-11-7-21(8-12-23)24(27)25-19(4)20-5-9-22(10-6-20)26-15-13-18(3)14-16-26/h5-12,17-19H,13-16H2,1-4H3,(H,25,27)/t19-/m1/s1. The molecule has 1 aliphatic heterocycles. The van der Waals surface area contributed by atoms with Gasteiger partial charge in [-0.2, -0.15) is 0 Å². The summed E-state index contributed by atoms with van der Waals surface area (Å²) in [5.41, 5.74) is 3.03. The normalized spacial score (nSPS) is 16.1. The molecule has 0 spiro atoms. The van der Waals surface area contributed by atoms with Gasteiger partial charge in [-0.05, 0) is 81.5 Å². The van der Waals surface area contributed by atoms with E-state index in [1.54, 1.807) is 12.1 Å². The van der Waals surface area contributed by atoms with Gasteiger partial charge in [-0.3, -0.25) is 4.79 Å². The monoisotopic (exact) mass is 380 g/mol. The molecule has 1 amide bonds. The van der Waals surface area contributed by atoms with Crippen molar-refractivity contribution in [1.82, 2.24) is 5.32 Å². The summed E-state index contributed by atoms with van der Waals surface area (Å²) >= 11 is 0. The Morgan fingerprint density at radius 2 is 1.61 bits per heavy atom. The molecular weight excluding hydrogens is 348 g/mol. The molecule has 1 aliphatic rings. The highest BCUT2D eigenvalue weighted by Crippen LogP contribution is 2.25. The first-order chi connectivity index (χ1) is 13.4. The summed E-state index contributed by atoms with van der Waals surface area (Å²) in [6.07, 6.45) is 2.64. The molecule has 0 unspecified atom stereocenters. The predicted molar refractivity (Wildman–Crippen MR) is 115 cm³/mol. The summed E-state index contributed by atoms with van der Waals surface area (Å²) in [7, 11) is 0. The quantitative estimate of drug-likeness (QED) is 0.749. The largest absolute Gasteiger partial charge is 0.491 e. The zero-order valence-corrected chi connectivity index (χ0v) is 17.4. The number of ether oxygens (including phenoxy) is 1. The van der Waals surface area contributed by atoms with E-state index in [1.807, 2.05) is 32.9 Å². The number of amides is 1. The molecule has 1 saturated heterocycles. The fourth-order valence-corrected chi connectivity index (χ4v) is 3.56. The molecule has 4 nitrogen and oxygen atoms in total. The van der Waals surface area contributed by atoms with Crippen LogP contribution in [0.4, 0.5) is 5.69 Å². The molecule has 150 valence electrons. The fourth-order valence-electron chi connectivity index (χ4n) is 3.56. The van der Waals surface area contributed by atoms with Gasteiger partial charge >= 0.3 is 0 Å². The lowest BCUT2D eigenvalue weighted by molar-refractivity contribution is 0.0940. The number of carbonyl (C=O) groups excluding carboxylic acids is 1. The zero-order valence-electron chi connectivity index (χ0n) is 17.4. The summed E-state index contributed by atoms with van der Waals surface area (Å²) in [6.45, 7) is 10.6. The lowest BCUT2D eigenvalue weighted by Gasteiger charge is -2.32. The third-order valence-corrected chi connectivity index (χ3v) is 5.38. The molecule has 1 fully saturated rings. The van der Waals surface area contributed by atoms with Gasteiger partial charge in [-0.1, -0.05) is 19.1 Å². The smallest absolute Gasteiger partial charge is 0.251 e. The SMILES string of the molecule is CC1CCN(c2ccc([C@@H](C)NC(=O)c3ccc(OC(C)C)cc3)cc2)CC1. The highest BCUT2D eigenvalue weighted by atomic mass is 16.5. The minimum atomic E-state index is -0.0716. The maximum atomic E-state index is 12.5. The third-order valence-electron chi connectivity index (χ3n) is 5.38. The van der Waals surface area contributed by atoms with E-state index in [4.69, 9.17) is 4.74 Å². The number of nitrogens with one attached hydrogen (secondary N) is 1. The van der Waals surface area contributed by atoms with Crippen LogP contribution in [-0.4, -0.2) is 25.1 Å². The topological polar surface area (TPSA) is 41.6 Å². The predicted octanol–water partition coefficient (Wildman–Crippen LogP) is 5.20. The molecule has 1 heterocycles. The Balaban J connectivity index is 1.57. The van der Waals surface area contributed by atoms with Crippen LogP contribution in [0.3, 0.4) is 0 Å². The molecule has 1 N–H and O–H groups in total. The highest BCUT2D eigenvalue weighted by Gasteiger charge is 2.17. The van der Waals surface area contributed by atoms with E-state index in [2.05, 4.69) is 41.4 Å². The van der Waals surface area contributed by atoms with Gasteiger partial charge in [0.2, 0.25) is 0 Å². The number of rotatable bonds is 6. The molecule has 1 atom stereocenters. The first kappa shape index (κ1) is 20.2. The van der Waals surface area contributed by atoms with Crippen molar-refractivity contribution in [3.05, 3.63) is 59.7 Å². The lowest BCUT2D eigenvalue weighted by atomic mass is 9.98. The number of carbonyl (C=O) groups is 1. The van der Waals surface area contributed by atoms with E-state index in [-0.39, 0.29) is 18.1 Å². The summed E-state index contributed by atoms with van der Waals surface area (Å²) in [5.74, 6) is 1.54. The van der Waals surface area contributed by atoms with Crippen LogP contribution in [0.5, 0.6) is 5.75 Å². The van der Waals surface area contributed by atoms with E-state index in [9.17, 15) is 4.79 Å². The van der Waals surface area contributed by atoms with Crippen LogP contribution in [0.15, 0.2) is 48.5 Å². The number of hydrogen-bond acceptors (Lipinski definition) is 3. The van der Waals surface area contributed by atoms with Gasteiger partial charge in [0, 0.05) is 24.3 Å². The molecule has 0 radical (unpaired) electrons.